The molecule has 128 valence electrons. The van der Waals surface area contributed by atoms with Crippen LogP contribution in [0.25, 0.3) is 0 Å². The van der Waals surface area contributed by atoms with Crippen molar-refractivity contribution in [2.45, 2.75) is 40.0 Å². The second-order valence-electron chi connectivity index (χ2n) is 6.31. The maximum absolute atomic E-state index is 12.6. The number of amides is 1. The summed E-state index contributed by atoms with van der Waals surface area (Å²) in [5, 5.41) is 3.47. The van der Waals surface area contributed by atoms with E-state index in [1.54, 1.807) is 25.2 Å². The fourth-order valence-corrected chi connectivity index (χ4v) is 4.30. The molecule has 0 saturated heterocycles. The minimum Gasteiger partial charge on any atom is -0.465 e. The van der Waals surface area contributed by atoms with Crippen LogP contribution in [0.4, 0.5) is 5.13 Å². The number of anilines is 1. The lowest BCUT2D eigenvalue weighted by molar-refractivity contribution is 0.0599. The van der Waals surface area contributed by atoms with Crippen molar-refractivity contribution in [3.05, 3.63) is 33.1 Å². The first-order valence-electron chi connectivity index (χ1n) is 7.98. The number of nitrogens with zero attached hydrogens (tertiary/aromatic N) is 1. The monoisotopic (exact) mass is 347 g/mol. The number of carbonyl (C=O) groups excluding carboxylic acids is 2. The Bertz CT molecular complexity index is 806. The van der Waals surface area contributed by atoms with Crippen molar-refractivity contribution in [1.82, 2.24) is 9.97 Å². The Balaban J connectivity index is 1.82. The Labute approximate surface area is 144 Å². The molecular weight excluding hydrogens is 326 g/mol. The number of rotatable bonds is 3. The zero-order valence-electron chi connectivity index (χ0n) is 14.3. The molecule has 1 amide bonds. The molecule has 1 atom stereocenters. The lowest BCUT2D eigenvalue weighted by Crippen LogP contribution is -2.14. The second kappa shape index (κ2) is 6.39. The molecule has 1 aliphatic carbocycles. The summed E-state index contributed by atoms with van der Waals surface area (Å²) in [6.45, 7) is 5.72. The van der Waals surface area contributed by atoms with Crippen LogP contribution in [0.5, 0.6) is 0 Å². The molecule has 0 bridgehead atoms. The third-order valence-corrected chi connectivity index (χ3v) is 5.50. The summed E-state index contributed by atoms with van der Waals surface area (Å²) in [4.78, 5) is 33.2. The summed E-state index contributed by atoms with van der Waals surface area (Å²) in [6, 6.07) is 0. The van der Waals surface area contributed by atoms with Gasteiger partial charge in [0, 0.05) is 10.6 Å². The van der Waals surface area contributed by atoms with Gasteiger partial charge in [0.15, 0.2) is 5.13 Å². The molecule has 0 radical (unpaired) electrons. The van der Waals surface area contributed by atoms with E-state index in [1.165, 1.54) is 12.0 Å². The van der Waals surface area contributed by atoms with Crippen molar-refractivity contribution in [2.75, 3.05) is 12.4 Å². The first-order chi connectivity index (χ1) is 11.4. The predicted octanol–water partition coefficient (Wildman–Crippen LogP) is 3.25. The van der Waals surface area contributed by atoms with Gasteiger partial charge in [0.25, 0.3) is 5.91 Å². The zero-order chi connectivity index (χ0) is 17.4. The van der Waals surface area contributed by atoms with E-state index in [2.05, 4.69) is 22.2 Å². The summed E-state index contributed by atoms with van der Waals surface area (Å²) in [6.07, 6.45) is 3.13. The number of aromatic nitrogens is 2. The molecule has 2 aromatic rings. The molecule has 0 spiro atoms. The molecule has 2 N–H and O–H groups in total. The number of nitrogens with one attached hydrogen (secondary N) is 2. The Kier molecular flexibility index (Phi) is 4.45. The number of hydrogen-bond acceptors (Lipinski definition) is 5. The van der Waals surface area contributed by atoms with Crippen molar-refractivity contribution < 1.29 is 14.3 Å². The van der Waals surface area contributed by atoms with Crippen LogP contribution in [0.3, 0.4) is 0 Å². The van der Waals surface area contributed by atoms with E-state index < -0.39 is 5.97 Å². The number of fused-ring (bicyclic) bond motifs is 1. The maximum Gasteiger partial charge on any atom is 0.339 e. The Morgan fingerprint density at radius 3 is 2.83 bits per heavy atom. The van der Waals surface area contributed by atoms with Gasteiger partial charge in [-0.05, 0) is 44.6 Å². The standard InChI is InChI=1S/C17H21N3O3S/c1-8-5-6-11-12(7-8)24-17(19-11)20-15(21)14-9(2)13(10(3)18-14)16(22)23-4/h8,18H,5-7H2,1-4H3,(H,19,20,21)/t8-/m1/s1. The van der Waals surface area contributed by atoms with Gasteiger partial charge in [-0.2, -0.15) is 0 Å². The highest BCUT2D eigenvalue weighted by Gasteiger charge is 2.24. The van der Waals surface area contributed by atoms with Gasteiger partial charge in [-0.15, -0.1) is 11.3 Å². The number of H-pyrrole nitrogens is 1. The Hall–Kier alpha value is -2.15. The lowest BCUT2D eigenvalue weighted by atomic mass is 9.93. The van der Waals surface area contributed by atoms with Crippen molar-refractivity contribution in [3.8, 4) is 0 Å². The minimum absolute atomic E-state index is 0.287. The van der Waals surface area contributed by atoms with Crippen LogP contribution >= 0.6 is 11.3 Å². The van der Waals surface area contributed by atoms with E-state index in [0.717, 1.165) is 25.0 Å². The van der Waals surface area contributed by atoms with Gasteiger partial charge >= 0.3 is 5.97 Å². The van der Waals surface area contributed by atoms with Crippen LogP contribution in [0.1, 0.15) is 56.0 Å². The molecule has 24 heavy (non-hydrogen) atoms. The average molecular weight is 347 g/mol. The highest BCUT2D eigenvalue weighted by molar-refractivity contribution is 7.15. The van der Waals surface area contributed by atoms with Gasteiger partial charge in [0.2, 0.25) is 0 Å². The van der Waals surface area contributed by atoms with Gasteiger partial charge < -0.3 is 9.72 Å². The highest BCUT2D eigenvalue weighted by atomic mass is 32.1. The smallest absolute Gasteiger partial charge is 0.339 e. The van der Waals surface area contributed by atoms with Crippen molar-refractivity contribution >= 4 is 28.3 Å². The average Bonchev–Trinajstić information content (AvgIpc) is 3.06. The highest BCUT2D eigenvalue weighted by Crippen LogP contribution is 2.32. The van der Waals surface area contributed by atoms with Crippen LogP contribution in [0, 0.1) is 19.8 Å². The van der Waals surface area contributed by atoms with E-state index in [4.69, 9.17) is 4.74 Å². The molecule has 0 aromatic carbocycles. The van der Waals surface area contributed by atoms with Crippen LogP contribution in [0.15, 0.2) is 0 Å². The summed E-state index contributed by atoms with van der Waals surface area (Å²) in [7, 11) is 1.33. The van der Waals surface area contributed by atoms with Crippen molar-refractivity contribution in [2.24, 2.45) is 5.92 Å². The van der Waals surface area contributed by atoms with E-state index in [-0.39, 0.29) is 5.91 Å². The van der Waals surface area contributed by atoms with E-state index in [0.29, 0.717) is 33.6 Å². The number of aryl methyl sites for hydroxylation is 2. The number of esters is 1. The van der Waals surface area contributed by atoms with Crippen LogP contribution < -0.4 is 5.32 Å². The molecule has 2 aromatic heterocycles. The van der Waals surface area contributed by atoms with Crippen LogP contribution in [-0.2, 0) is 17.6 Å². The molecule has 0 saturated carbocycles. The summed E-state index contributed by atoms with van der Waals surface area (Å²) in [5.74, 6) is -0.0682. The lowest BCUT2D eigenvalue weighted by Gasteiger charge is -2.15. The third-order valence-electron chi connectivity index (χ3n) is 4.46. The SMILES string of the molecule is COC(=O)c1c(C)[nH]c(C(=O)Nc2nc3c(s2)C[C@H](C)CC3)c1C. The van der Waals surface area contributed by atoms with Gasteiger partial charge in [-0.3, -0.25) is 10.1 Å². The molecule has 0 aliphatic heterocycles. The quantitative estimate of drug-likeness (QED) is 0.835. The van der Waals surface area contributed by atoms with E-state index >= 15 is 0 Å². The van der Waals surface area contributed by atoms with Gasteiger partial charge in [-0.1, -0.05) is 6.92 Å². The number of methoxy groups -OCH3 is 1. The molecule has 2 heterocycles. The zero-order valence-corrected chi connectivity index (χ0v) is 15.1. The number of hydrogen-bond donors (Lipinski definition) is 2. The van der Waals surface area contributed by atoms with Crippen molar-refractivity contribution in [1.29, 1.82) is 0 Å². The third kappa shape index (κ3) is 2.96. The second-order valence-corrected chi connectivity index (χ2v) is 7.39. The van der Waals surface area contributed by atoms with E-state index in [9.17, 15) is 9.59 Å². The molecule has 1 aliphatic rings. The molecule has 3 rings (SSSR count). The topological polar surface area (TPSA) is 84.1 Å². The predicted molar refractivity (Wildman–Crippen MR) is 92.9 cm³/mol. The van der Waals surface area contributed by atoms with Crippen LogP contribution in [0.2, 0.25) is 0 Å². The Morgan fingerprint density at radius 1 is 1.38 bits per heavy atom. The molecule has 6 nitrogen and oxygen atoms in total. The fraction of sp³-hybridized carbons (Fsp3) is 0.471. The van der Waals surface area contributed by atoms with Gasteiger partial charge in [-0.25, -0.2) is 9.78 Å². The summed E-state index contributed by atoms with van der Waals surface area (Å²) < 4.78 is 4.77. The Morgan fingerprint density at radius 2 is 2.12 bits per heavy atom. The van der Waals surface area contributed by atoms with E-state index in [1.807, 2.05) is 0 Å². The maximum atomic E-state index is 12.6. The number of ether oxygens (including phenoxy) is 1. The molecule has 7 heteroatoms. The van der Waals surface area contributed by atoms with Gasteiger partial charge in [0.05, 0.1) is 18.4 Å². The van der Waals surface area contributed by atoms with Crippen LogP contribution in [-0.4, -0.2) is 29.0 Å². The minimum atomic E-state index is -0.445. The molecule has 0 fully saturated rings. The molecule has 0 unspecified atom stereocenters. The summed E-state index contributed by atoms with van der Waals surface area (Å²) in [5.41, 5.74) is 3.09. The first kappa shape index (κ1) is 16.7. The molecular formula is C17H21N3O3S. The summed E-state index contributed by atoms with van der Waals surface area (Å²) >= 11 is 1.54. The number of aromatic amines is 1. The normalized spacial score (nSPS) is 16.6. The number of thiazole rings is 1. The van der Waals surface area contributed by atoms with Gasteiger partial charge in [0.1, 0.15) is 5.69 Å². The van der Waals surface area contributed by atoms with Crippen molar-refractivity contribution in [3.63, 3.8) is 0 Å². The largest absolute Gasteiger partial charge is 0.465 e. The first-order valence-corrected chi connectivity index (χ1v) is 8.79. The number of carbonyl (C=O) groups is 2. The fourth-order valence-electron chi connectivity index (χ4n) is 3.14.